The molecule has 12 heteroatoms. The normalized spacial score (nSPS) is 21.2. The number of aliphatic imine (C=N–C) groups is 1. The third-order valence-corrected chi connectivity index (χ3v) is 6.84. The van der Waals surface area contributed by atoms with E-state index in [1.807, 2.05) is 0 Å². The Morgan fingerprint density at radius 1 is 1.36 bits per heavy atom. The van der Waals surface area contributed by atoms with Gasteiger partial charge in [0.2, 0.25) is 21.9 Å². The molecule has 2 N–H and O–H groups in total. The second-order valence-corrected chi connectivity index (χ2v) is 9.49. The van der Waals surface area contributed by atoms with Gasteiger partial charge >= 0.3 is 0 Å². The van der Waals surface area contributed by atoms with Gasteiger partial charge in [0.05, 0.1) is 18.1 Å². The summed E-state index contributed by atoms with van der Waals surface area (Å²) in [4.78, 5) is 11.8. The fourth-order valence-electron chi connectivity index (χ4n) is 3.11. The largest absolute Gasteiger partial charge is 0.460 e. The molecule has 0 amide bonds. The zero-order valence-corrected chi connectivity index (χ0v) is 18.7. The molecule has 8 nitrogen and oxygen atoms in total. The third-order valence-electron chi connectivity index (χ3n) is 4.89. The molecule has 1 aromatic carbocycles. The molecule has 174 valence electrons. The molecular formula is C21H20F3N5O3S. The van der Waals surface area contributed by atoms with Crippen LogP contribution in [0.1, 0.15) is 30.7 Å². The first kappa shape index (κ1) is 24.1. The van der Waals surface area contributed by atoms with Crippen LogP contribution in [0.4, 0.5) is 13.2 Å². The van der Waals surface area contributed by atoms with Gasteiger partial charge in [-0.25, -0.2) is 40.9 Å². The molecule has 2 aromatic rings. The van der Waals surface area contributed by atoms with E-state index in [1.54, 1.807) is 6.92 Å². The number of hydrogen-bond acceptors (Lipinski definition) is 7. The Morgan fingerprint density at radius 2 is 2.06 bits per heavy atom. The van der Waals surface area contributed by atoms with Crippen LogP contribution in [0.5, 0.6) is 5.88 Å². The quantitative estimate of drug-likeness (QED) is 0.660. The molecule has 1 aromatic heterocycles. The fraction of sp³-hybridized carbons (Fsp3) is 0.286. The van der Waals surface area contributed by atoms with Crippen molar-refractivity contribution >= 4 is 27.9 Å². The van der Waals surface area contributed by atoms with Crippen LogP contribution in [0.25, 0.3) is 11.9 Å². The lowest BCUT2D eigenvalue weighted by Crippen LogP contribution is -2.50. The number of sulfonamides is 1. The van der Waals surface area contributed by atoms with Crippen LogP contribution in [-0.4, -0.2) is 47.6 Å². The van der Waals surface area contributed by atoms with E-state index in [0.29, 0.717) is 0 Å². The number of terminal acetylenes is 1. The van der Waals surface area contributed by atoms with Crippen LogP contribution in [0, 0.1) is 24.0 Å². The van der Waals surface area contributed by atoms with Crippen LogP contribution >= 0.6 is 0 Å². The van der Waals surface area contributed by atoms with E-state index in [9.17, 15) is 21.6 Å². The Bertz CT molecular complexity index is 1290. The first-order valence-corrected chi connectivity index (χ1v) is 11.1. The summed E-state index contributed by atoms with van der Waals surface area (Å²) in [6.45, 7) is 2.91. The molecule has 0 bridgehead atoms. The maximum absolute atomic E-state index is 14.7. The van der Waals surface area contributed by atoms with Crippen molar-refractivity contribution in [3.05, 3.63) is 53.0 Å². The maximum atomic E-state index is 14.7. The van der Waals surface area contributed by atoms with E-state index in [1.165, 1.54) is 14.0 Å². The van der Waals surface area contributed by atoms with Crippen molar-refractivity contribution in [2.45, 2.75) is 25.5 Å². The number of benzene rings is 1. The van der Waals surface area contributed by atoms with E-state index in [4.69, 9.17) is 16.9 Å². The highest BCUT2D eigenvalue weighted by atomic mass is 32.2. The number of hydrogen-bond donors (Lipinski definition) is 1. The van der Waals surface area contributed by atoms with Gasteiger partial charge in [0.1, 0.15) is 11.2 Å². The number of guanidine groups is 1. The van der Waals surface area contributed by atoms with Gasteiger partial charge in [0.15, 0.2) is 23.6 Å². The zero-order valence-electron chi connectivity index (χ0n) is 17.9. The van der Waals surface area contributed by atoms with Gasteiger partial charge < -0.3 is 10.5 Å². The lowest BCUT2D eigenvalue weighted by Gasteiger charge is -2.34. The number of nitrogens with two attached hydrogens (primary N) is 1. The highest BCUT2D eigenvalue weighted by molar-refractivity contribution is 7.89. The summed E-state index contributed by atoms with van der Waals surface area (Å²) in [5.74, 6) is -2.14. The maximum Gasteiger partial charge on any atom is 0.239 e. The summed E-state index contributed by atoms with van der Waals surface area (Å²) < 4.78 is 74.5. The molecule has 0 radical (unpaired) electrons. The molecule has 1 aliphatic heterocycles. The predicted molar refractivity (Wildman–Crippen MR) is 117 cm³/mol. The summed E-state index contributed by atoms with van der Waals surface area (Å²) in [6, 6.07) is 1.87. The zero-order chi connectivity index (χ0) is 24.6. The molecule has 1 unspecified atom stereocenters. The van der Waals surface area contributed by atoms with Crippen LogP contribution in [0.15, 0.2) is 29.5 Å². The van der Waals surface area contributed by atoms with Gasteiger partial charge in [-0.3, -0.25) is 0 Å². The van der Waals surface area contributed by atoms with Gasteiger partial charge in [-0.05, 0) is 37.6 Å². The summed E-state index contributed by atoms with van der Waals surface area (Å²) in [5.41, 5.74) is 3.27. The molecule has 1 aliphatic rings. The minimum atomic E-state index is -3.93. The van der Waals surface area contributed by atoms with Crippen molar-refractivity contribution in [3.8, 4) is 18.2 Å². The Kier molecular flexibility index (Phi) is 6.37. The van der Waals surface area contributed by atoms with E-state index < -0.39 is 44.9 Å². The molecule has 0 saturated heterocycles. The molecule has 2 heterocycles. The smallest absolute Gasteiger partial charge is 0.239 e. The van der Waals surface area contributed by atoms with Gasteiger partial charge in [0.25, 0.3) is 0 Å². The molecule has 3 rings (SSSR count). The lowest BCUT2D eigenvalue weighted by molar-refractivity contribution is 0.266. The highest BCUT2D eigenvalue weighted by Crippen LogP contribution is 2.35. The van der Waals surface area contributed by atoms with Gasteiger partial charge in [0, 0.05) is 12.6 Å². The van der Waals surface area contributed by atoms with Crippen LogP contribution < -0.4 is 10.5 Å². The number of nitrogens with zero attached hydrogens (tertiary/aromatic N) is 4. The van der Waals surface area contributed by atoms with Gasteiger partial charge in [-0.2, -0.15) is 0 Å². The van der Waals surface area contributed by atoms with E-state index in [2.05, 4.69) is 20.9 Å². The van der Waals surface area contributed by atoms with Crippen LogP contribution in [0.3, 0.4) is 0 Å². The van der Waals surface area contributed by atoms with Crippen molar-refractivity contribution in [2.24, 2.45) is 10.7 Å². The number of halogens is 3. The predicted octanol–water partition coefficient (Wildman–Crippen LogP) is 2.43. The second kappa shape index (κ2) is 8.74. The number of aromatic nitrogens is 2. The van der Waals surface area contributed by atoms with Crippen LogP contribution in [-0.2, 0) is 15.6 Å². The fourth-order valence-corrected chi connectivity index (χ4v) is 4.56. The van der Waals surface area contributed by atoms with Crippen LogP contribution in [0.2, 0.25) is 0 Å². The topological polar surface area (TPSA) is 111 Å². The van der Waals surface area contributed by atoms with E-state index >= 15 is 0 Å². The number of ether oxygens (including phenoxy) is 1. The second-order valence-electron chi connectivity index (χ2n) is 7.49. The van der Waals surface area contributed by atoms with Crippen molar-refractivity contribution < 1.29 is 26.3 Å². The van der Waals surface area contributed by atoms with Gasteiger partial charge in [-0.1, -0.05) is 5.92 Å². The highest BCUT2D eigenvalue weighted by Gasteiger charge is 2.42. The molecule has 0 fully saturated rings. The molecule has 0 aliphatic carbocycles. The van der Waals surface area contributed by atoms with Crippen molar-refractivity contribution in [3.63, 3.8) is 0 Å². The number of rotatable bonds is 5. The molecule has 0 spiro atoms. The first-order chi connectivity index (χ1) is 15.4. The van der Waals surface area contributed by atoms with Crippen molar-refractivity contribution in [2.75, 3.05) is 12.8 Å². The van der Waals surface area contributed by atoms with Crippen molar-refractivity contribution in [1.82, 2.24) is 14.3 Å². The minimum absolute atomic E-state index is 0.0824. The summed E-state index contributed by atoms with van der Waals surface area (Å²) in [6.07, 6.45) is 7.80. The Balaban J connectivity index is 2.00. The first-order valence-electron chi connectivity index (χ1n) is 9.50. The third kappa shape index (κ3) is 4.93. The lowest BCUT2D eigenvalue weighted by atomic mass is 9.92. The minimum Gasteiger partial charge on any atom is -0.460 e. The molecule has 2 atom stereocenters. The summed E-state index contributed by atoms with van der Waals surface area (Å²) >= 11 is 0. The standard InChI is InChI=1S/C21H20F3N5O3S/c1-5-12(2)32-18-10-26-17(9-27-18)15(22)7-13-6-14(19(24)16(23)8-13)21(3)11-33(30,31)29(4)20(25)28-21/h1,6-10,12H,11H2,2-4H3,(H2,25,28)/b15-7-/t12?,21-/m0/s1. The van der Waals surface area contributed by atoms with Crippen molar-refractivity contribution in [1.29, 1.82) is 0 Å². The summed E-state index contributed by atoms with van der Waals surface area (Å²) in [7, 11) is -2.74. The monoisotopic (exact) mass is 479 g/mol. The molecule has 33 heavy (non-hydrogen) atoms. The Hall–Kier alpha value is -3.59. The van der Waals surface area contributed by atoms with Gasteiger partial charge in [-0.15, -0.1) is 6.42 Å². The van der Waals surface area contributed by atoms with E-state index in [0.717, 1.165) is 34.9 Å². The molecular weight excluding hydrogens is 459 g/mol. The molecule has 0 saturated carbocycles. The Morgan fingerprint density at radius 3 is 2.64 bits per heavy atom. The Labute approximate surface area is 189 Å². The SMILES string of the molecule is C#CC(C)Oc1cnc(/C(F)=C/c2cc(F)c(F)c([C@]3(C)CS(=O)(=O)N(C)C(N)=N3)c2)cn1. The average Bonchev–Trinajstić information content (AvgIpc) is 2.74. The summed E-state index contributed by atoms with van der Waals surface area (Å²) in [5, 5.41) is 0. The average molecular weight is 479 g/mol. The van der Waals surface area contributed by atoms with E-state index in [-0.39, 0.29) is 28.7 Å².